The number of aryl methyl sites for hydroxylation is 1. The minimum Gasteiger partial charge on any atom is -0.346 e. The maximum absolute atomic E-state index is 5.62. The third-order valence-electron chi connectivity index (χ3n) is 5.63. The molecule has 2 fully saturated rings. The molecule has 3 heterocycles. The molecule has 0 aromatic carbocycles. The number of nitrogens with zero attached hydrogens (tertiary/aromatic N) is 6. The van der Waals surface area contributed by atoms with E-state index in [4.69, 9.17) is 4.74 Å². The van der Waals surface area contributed by atoms with Crippen molar-refractivity contribution in [1.82, 2.24) is 30.2 Å². The highest BCUT2D eigenvalue weighted by Gasteiger charge is 2.20. The molecule has 2 N–H and O–H groups in total. The van der Waals surface area contributed by atoms with Gasteiger partial charge in [0, 0.05) is 57.1 Å². The second-order valence-corrected chi connectivity index (χ2v) is 8.67. The Morgan fingerprint density at radius 3 is 2.72 bits per heavy atom. The predicted octanol–water partition coefficient (Wildman–Crippen LogP) is 1.95. The lowest BCUT2D eigenvalue weighted by Crippen LogP contribution is -2.45. The standard InChI is InChI=1S/C19H32N8OS/c1-2-27-13-16(11-22-27)12-25-7-9-26(10-8-25)19-24-23-18(29-19)21-15-28-14-20-17-5-3-4-6-17/h11,13,17,20H,2-10,12,14-15H2,1H3,(H,21,23). The van der Waals surface area contributed by atoms with Crippen LogP contribution in [0.15, 0.2) is 12.4 Å². The molecule has 1 saturated carbocycles. The summed E-state index contributed by atoms with van der Waals surface area (Å²) < 4.78 is 7.61. The van der Waals surface area contributed by atoms with Crippen molar-refractivity contribution in [1.29, 1.82) is 0 Å². The second kappa shape index (κ2) is 10.3. The minimum absolute atomic E-state index is 0.452. The van der Waals surface area contributed by atoms with Crippen LogP contribution in [0.4, 0.5) is 10.3 Å². The van der Waals surface area contributed by atoms with Gasteiger partial charge >= 0.3 is 0 Å². The Morgan fingerprint density at radius 1 is 1.14 bits per heavy atom. The number of hydrogen-bond acceptors (Lipinski definition) is 9. The quantitative estimate of drug-likeness (QED) is 0.446. The van der Waals surface area contributed by atoms with Gasteiger partial charge in [-0.3, -0.25) is 14.9 Å². The van der Waals surface area contributed by atoms with Gasteiger partial charge in [0.15, 0.2) is 0 Å². The van der Waals surface area contributed by atoms with Crippen molar-refractivity contribution in [3.63, 3.8) is 0 Å². The molecule has 160 valence electrons. The van der Waals surface area contributed by atoms with E-state index in [2.05, 4.69) is 48.9 Å². The van der Waals surface area contributed by atoms with Crippen LogP contribution >= 0.6 is 11.3 Å². The first-order chi connectivity index (χ1) is 14.3. The minimum atomic E-state index is 0.452. The van der Waals surface area contributed by atoms with Crippen LogP contribution in [-0.2, 0) is 17.8 Å². The summed E-state index contributed by atoms with van der Waals surface area (Å²) in [6.07, 6.45) is 9.32. The van der Waals surface area contributed by atoms with Crippen LogP contribution < -0.4 is 15.5 Å². The van der Waals surface area contributed by atoms with E-state index < -0.39 is 0 Å². The van der Waals surface area contributed by atoms with Crippen LogP contribution in [0, 0.1) is 0 Å². The molecule has 0 unspecified atom stereocenters. The molecular weight excluding hydrogens is 388 g/mol. The maximum Gasteiger partial charge on any atom is 0.210 e. The molecule has 1 aliphatic carbocycles. The van der Waals surface area contributed by atoms with Crippen molar-refractivity contribution < 1.29 is 4.74 Å². The molecule has 9 nitrogen and oxygen atoms in total. The van der Waals surface area contributed by atoms with Gasteiger partial charge in [-0.05, 0) is 19.8 Å². The number of rotatable bonds is 10. The largest absolute Gasteiger partial charge is 0.346 e. The Morgan fingerprint density at radius 2 is 1.97 bits per heavy atom. The summed E-state index contributed by atoms with van der Waals surface area (Å²) in [5, 5.41) is 21.4. The summed E-state index contributed by atoms with van der Waals surface area (Å²) in [5.41, 5.74) is 1.28. The predicted molar refractivity (Wildman–Crippen MR) is 115 cm³/mol. The average molecular weight is 421 g/mol. The van der Waals surface area contributed by atoms with Crippen molar-refractivity contribution >= 4 is 21.6 Å². The first kappa shape index (κ1) is 20.5. The number of aromatic nitrogens is 4. The summed E-state index contributed by atoms with van der Waals surface area (Å²) in [7, 11) is 0. The Labute approximate surface area is 176 Å². The van der Waals surface area contributed by atoms with Gasteiger partial charge in [0.2, 0.25) is 10.3 Å². The molecular formula is C19H32N8OS. The molecule has 29 heavy (non-hydrogen) atoms. The van der Waals surface area contributed by atoms with Gasteiger partial charge < -0.3 is 15.0 Å². The lowest BCUT2D eigenvalue weighted by atomic mass is 10.2. The third kappa shape index (κ3) is 5.88. The molecule has 10 heteroatoms. The lowest BCUT2D eigenvalue weighted by Gasteiger charge is -2.33. The zero-order valence-corrected chi connectivity index (χ0v) is 18.0. The number of ether oxygens (including phenoxy) is 1. The second-order valence-electron chi connectivity index (χ2n) is 7.71. The lowest BCUT2D eigenvalue weighted by molar-refractivity contribution is 0.124. The van der Waals surface area contributed by atoms with E-state index in [0.29, 0.717) is 19.5 Å². The molecule has 1 aliphatic heterocycles. The number of anilines is 2. The van der Waals surface area contributed by atoms with E-state index in [9.17, 15) is 0 Å². The Kier molecular flexibility index (Phi) is 7.31. The SMILES string of the molecule is CCn1cc(CN2CCN(c3nnc(NCOCNC4CCCC4)s3)CC2)cn1. The maximum atomic E-state index is 5.62. The van der Waals surface area contributed by atoms with E-state index in [-0.39, 0.29) is 0 Å². The van der Waals surface area contributed by atoms with Gasteiger partial charge in [-0.1, -0.05) is 24.2 Å². The summed E-state index contributed by atoms with van der Waals surface area (Å²) in [4.78, 5) is 4.79. The molecule has 0 atom stereocenters. The highest BCUT2D eigenvalue weighted by atomic mass is 32.1. The molecule has 0 spiro atoms. The normalized spacial score (nSPS) is 18.6. The smallest absolute Gasteiger partial charge is 0.210 e. The molecule has 2 aromatic heterocycles. The molecule has 2 aliphatic rings. The van der Waals surface area contributed by atoms with Gasteiger partial charge in [-0.25, -0.2) is 0 Å². The fourth-order valence-corrected chi connectivity index (χ4v) is 4.68. The van der Waals surface area contributed by atoms with Crippen LogP contribution in [0.1, 0.15) is 38.2 Å². The highest BCUT2D eigenvalue weighted by molar-refractivity contribution is 7.19. The summed E-state index contributed by atoms with van der Waals surface area (Å²) in [6.45, 7) is 9.02. The summed E-state index contributed by atoms with van der Waals surface area (Å²) >= 11 is 1.59. The number of hydrogen-bond donors (Lipinski definition) is 2. The molecule has 2 aromatic rings. The zero-order chi connectivity index (χ0) is 19.9. The highest BCUT2D eigenvalue weighted by Crippen LogP contribution is 2.25. The van der Waals surface area contributed by atoms with Crippen LogP contribution in [0.5, 0.6) is 0 Å². The molecule has 0 radical (unpaired) electrons. The Hall–Kier alpha value is -1.75. The van der Waals surface area contributed by atoms with Gasteiger partial charge in [0.25, 0.3) is 0 Å². The van der Waals surface area contributed by atoms with Crippen LogP contribution in [-0.4, -0.2) is 70.6 Å². The summed E-state index contributed by atoms with van der Waals surface area (Å²) in [5.74, 6) is 0. The fourth-order valence-electron chi connectivity index (χ4n) is 3.90. The van der Waals surface area contributed by atoms with Crippen LogP contribution in [0.2, 0.25) is 0 Å². The molecule has 4 rings (SSSR count). The topological polar surface area (TPSA) is 83.4 Å². The van der Waals surface area contributed by atoms with E-state index in [1.807, 2.05) is 10.9 Å². The van der Waals surface area contributed by atoms with Gasteiger partial charge in [0.05, 0.1) is 12.9 Å². The van der Waals surface area contributed by atoms with Gasteiger partial charge in [-0.15, -0.1) is 10.2 Å². The van der Waals surface area contributed by atoms with Crippen LogP contribution in [0.3, 0.4) is 0 Å². The third-order valence-corrected chi connectivity index (χ3v) is 6.57. The van der Waals surface area contributed by atoms with E-state index in [1.54, 1.807) is 11.3 Å². The number of piperazine rings is 1. The monoisotopic (exact) mass is 420 g/mol. The first-order valence-corrected chi connectivity index (χ1v) is 11.5. The van der Waals surface area contributed by atoms with Gasteiger partial charge in [-0.2, -0.15) is 5.10 Å². The first-order valence-electron chi connectivity index (χ1n) is 10.7. The van der Waals surface area contributed by atoms with Crippen molar-refractivity contribution in [2.45, 2.75) is 51.7 Å². The average Bonchev–Trinajstić information content (AvgIpc) is 3.50. The van der Waals surface area contributed by atoms with Crippen LogP contribution in [0.25, 0.3) is 0 Å². The van der Waals surface area contributed by atoms with E-state index in [1.165, 1.54) is 31.2 Å². The van der Waals surface area contributed by atoms with E-state index >= 15 is 0 Å². The van der Waals surface area contributed by atoms with Gasteiger partial charge in [0.1, 0.15) is 6.73 Å². The van der Waals surface area contributed by atoms with Crippen molar-refractivity contribution in [2.24, 2.45) is 0 Å². The zero-order valence-electron chi connectivity index (χ0n) is 17.2. The Balaban J connectivity index is 1.14. The molecule has 0 bridgehead atoms. The van der Waals surface area contributed by atoms with E-state index in [0.717, 1.165) is 49.5 Å². The van der Waals surface area contributed by atoms with Crippen molar-refractivity contribution in [3.8, 4) is 0 Å². The fraction of sp³-hybridized carbons (Fsp3) is 0.737. The Bertz CT molecular complexity index is 736. The molecule has 0 amide bonds. The van der Waals surface area contributed by atoms with Crippen molar-refractivity contribution in [3.05, 3.63) is 18.0 Å². The number of nitrogens with one attached hydrogen (secondary N) is 2. The summed E-state index contributed by atoms with van der Waals surface area (Å²) in [6, 6.07) is 0.629. The van der Waals surface area contributed by atoms with Crippen molar-refractivity contribution in [2.75, 3.05) is 49.9 Å². The molecule has 1 saturated heterocycles.